The van der Waals surface area contributed by atoms with E-state index in [2.05, 4.69) is 41.5 Å². The summed E-state index contributed by atoms with van der Waals surface area (Å²) in [5, 5.41) is 10.7. The molecule has 3 N–H and O–H groups in total. The van der Waals surface area contributed by atoms with E-state index in [-0.39, 0.29) is 25.7 Å². The second kappa shape index (κ2) is 77.4. The summed E-state index contributed by atoms with van der Waals surface area (Å²) in [6, 6.07) is 0. The fraction of sp³-hybridized carbons (Fsp3) is 0.953. The highest BCUT2D eigenvalue weighted by molar-refractivity contribution is 7.47. The van der Waals surface area contributed by atoms with Crippen molar-refractivity contribution in [1.82, 2.24) is 0 Å². The summed E-state index contributed by atoms with van der Waals surface area (Å²) < 4.78 is 68.9. The van der Waals surface area contributed by atoms with Gasteiger partial charge in [0.1, 0.15) is 19.3 Å². The Balaban J connectivity index is 5.24. The molecule has 0 aromatic heterocycles. The molecule has 17 nitrogen and oxygen atoms in total. The lowest BCUT2D eigenvalue weighted by molar-refractivity contribution is -0.161. The summed E-state index contributed by atoms with van der Waals surface area (Å²) in [5.74, 6) is -0.523. The molecule has 0 rings (SSSR count). The molecule has 0 spiro atoms. The zero-order valence-corrected chi connectivity index (χ0v) is 70.8. The number of aliphatic hydroxyl groups is 1. The molecule has 7 atom stereocenters. The van der Waals surface area contributed by atoms with E-state index in [1.807, 2.05) is 0 Å². The Labute approximate surface area is 645 Å². The van der Waals surface area contributed by atoms with E-state index in [0.717, 1.165) is 102 Å². The van der Waals surface area contributed by atoms with Crippen LogP contribution in [-0.2, 0) is 65.4 Å². The minimum atomic E-state index is -4.97. The highest BCUT2D eigenvalue weighted by Gasteiger charge is 2.30. The Hall–Kier alpha value is -1.94. The zero-order valence-electron chi connectivity index (χ0n) is 69.0. The topological polar surface area (TPSA) is 237 Å². The number of ether oxygens (including phenoxy) is 4. The molecule has 0 aliphatic heterocycles. The highest BCUT2D eigenvalue weighted by atomic mass is 31.2. The number of aliphatic hydroxyl groups excluding tert-OH is 1. The monoisotopic (exact) mass is 1540 g/mol. The van der Waals surface area contributed by atoms with Gasteiger partial charge < -0.3 is 33.8 Å². The summed E-state index contributed by atoms with van der Waals surface area (Å²) in [7, 11) is -9.93. The summed E-state index contributed by atoms with van der Waals surface area (Å²) >= 11 is 0. The quantitative estimate of drug-likeness (QED) is 0.0222. The molecule has 0 aromatic rings. The lowest BCUT2D eigenvalue weighted by atomic mass is 9.99. The van der Waals surface area contributed by atoms with Crippen molar-refractivity contribution in [3.05, 3.63) is 0 Å². The van der Waals surface area contributed by atoms with Gasteiger partial charge in [0, 0.05) is 25.7 Å². The molecular formula is C86H168O17P2. The molecule has 0 heterocycles. The van der Waals surface area contributed by atoms with Gasteiger partial charge >= 0.3 is 39.5 Å². The van der Waals surface area contributed by atoms with Crippen molar-refractivity contribution < 1.29 is 80.2 Å². The molecular weight excluding hydrogens is 1370 g/mol. The Morgan fingerprint density at radius 3 is 0.676 bits per heavy atom. The van der Waals surface area contributed by atoms with Crippen LogP contribution in [0.1, 0.15) is 459 Å². The van der Waals surface area contributed by atoms with Gasteiger partial charge in [-0.15, -0.1) is 0 Å². The maximum Gasteiger partial charge on any atom is 0.472 e. The van der Waals surface area contributed by atoms with Crippen LogP contribution in [0.3, 0.4) is 0 Å². The summed E-state index contributed by atoms with van der Waals surface area (Å²) in [6.45, 7) is 9.69. The van der Waals surface area contributed by atoms with Crippen LogP contribution in [0.2, 0.25) is 0 Å². The standard InChI is InChI=1S/C86H168O17P2/c1-7-11-13-15-17-19-21-23-25-27-28-29-30-31-33-35-37-39-44-52-58-64-70-85(90)102-81(74-96-83(88)68-62-56-50-43-38-36-34-32-26-24-22-20-18-16-14-12-8-2)76-100-104(92,93)98-72-80(87)73-99-105(94,95)101-77-82(75-97-84(89)69-63-57-51-47-46-49-55-61-67-79(6)10-4)103-86(91)71-65-59-53-45-41-40-42-48-54-60-66-78(5)9-3/h78-82,87H,7-77H2,1-6H3,(H,92,93)(H,94,95)/t78?,79?,80-,81-,82-/m1/s1. The van der Waals surface area contributed by atoms with Crippen LogP contribution in [-0.4, -0.2) is 96.7 Å². The predicted molar refractivity (Wildman–Crippen MR) is 432 cm³/mol. The minimum Gasteiger partial charge on any atom is -0.462 e. The molecule has 4 unspecified atom stereocenters. The van der Waals surface area contributed by atoms with Gasteiger partial charge in [-0.3, -0.25) is 37.3 Å². The van der Waals surface area contributed by atoms with Crippen molar-refractivity contribution >= 4 is 39.5 Å². The van der Waals surface area contributed by atoms with Gasteiger partial charge in [0.2, 0.25) is 0 Å². The number of rotatable bonds is 85. The van der Waals surface area contributed by atoms with E-state index >= 15 is 0 Å². The first-order valence-corrected chi connectivity index (χ1v) is 47.6. The van der Waals surface area contributed by atoms with Crippen LogP contribution in [0.25, 0.3) is 0 Å². The fourth-order valence-corrected chi connectivity index (χ4v) is 14.9. The third kappa shape index (κ3) is 77.2. The van der Waals surface area contributed by atoms with Crippen molar-refractivity contribution in [2.24, 2.45) is 11.8 Å². The van der Waals surface area contributed by atoms with Gasteiger partial charge in [0.15, 0.2) is 12.2 Å². The van der Waals surface area contributed by atoms with Crippen molar-refractivity contribution in [3.63, 3.8) is 0 Å². The average Bonchev–Trinajstić information content (AvgIpc) is 0.908. The first kappa shape index (κ1) is 103. The first-order valence-electron chi connectivity index (χ1n) is 44.6. The maximum absolute atomic E-state index is 13.1. The summed E-state index contributed by atoms with van der Waals surface area (Å²) in [5.41, 5.74) is 0. The number of unbranched alkanes of at least 4 members (excludes halogenated alkanes) is 53. The second-order valence-corrected chi connectivity index (χ2v) is 34.3. The number of esters is 4. The maximum atomic E-state index is 13.1. The fourth-order valence-electron chi connectivity index (χ4n) is 13.4. The zero-order chi connectivity index (χ0) is 77.1. The van der Waals surface area contributed by atoms with E-state index in [0.29, 0.717) is 25.7 Å². The number of carbonyl (C=O) groups excluding carboxylic acids is 4. The van der Waals surface area contributed by atoms with Gasteiger partial charge in [-0.1, -0.05) is 408 Å². The molecule has 105 heavy (non-hydrogen) atoms. The lowest BCUT2D eigenvalue weighted by Gasteiger charge is -2.21. The first-order chi connectivity index (χ1) is 50.9. The van der Waals surface area contributed by atoms with Crippen molar-refractivity contribution in [2.45, 2.75) is 477 Å². The van der Waals surface area contributed by atoms with Crippen LogP contribution < -0.4 is 0 Å². The smallest absolute Gasteiger partial charge is 0.462 e. The Morgan fingerprint density at radius 2 is 0.457 bits per heavy atom. The number of hydrogen-bond acceptors (Lipinski definition) is 15. The molecule has 0 aromatic carbocycles. The molecule has 0 saturated carbocycles. The number of hydrogen-bond donors (Lipinski definition) is 3. The van der Waals surface area contributed by atoms with Crippen molar-refractivity contribution in [1.29, 1.82) is 0 Å². The number of phosphoric ester groups is 2. The van der Waals surface area contributed by atoms with Crippen LogP contribution in [0.4, 0.5) is 0 Å². The van der Waals surface area contributed by atoms with E-state index in [9.17, 15) is 43.2 Å². The van der Waals surface area contributed by atoms with E-state index < -0.39 is 97.5 Å². The molecule has 624 valence electrons. The third-order valence-electron chi connectivity index (χ3n) is 20.9. The predicted octanol–water partition coefficient (Wildman–Crippen LogP) is 26.2. The third-order valence-corrected chi connectivity index (χ3v) is 22.8. The molecule has 0 aliphatic carbocycles. The average molecular weight is 1540 g/mol. The number of carbonyl (C=O) groups is 4. The Kier molecular flexibility index (Phi) is 76.0. The van der Waals surface area contributed by atoms with Gasteiger partial charge in [0.25, 0.3) is 0 Å². The van der Waals surface area contributed by atoms with Gasteiger partial charge in [-0.25, -0.2) is 9.13 Å². The van der Waals surface area contributed by atoms with Crippen LogP contribution in [0.15, 0.2) is 0 Å². The molecule has 0 amide bonds. The van der Waals surface area contributed by atoms with Crippen molar-refractivity contribution in [2.75, 3.05) is 39.6 Å². The Bertz CT molecular complexity index is 2010. The Morgan fingerprint density at radius 1 is 0.267 bits per heavy atom. The minimum absolute atomic E-state index is 0.106. The molecule has 0 aliphatic rings. The largest absolute Gasteiger partial charge is 0.472 e. The number of phosphoric acid groups is 2. The molecule has 19 heteroatoms. The molecule has 0 radical (unpaired) electrons. The SMILES string of the molecule is CCCCCCCCCCCCCCCCCCCCCCCCC(=O)O[C@H](COC(=O)CCCCCCCCCCCCCCCCCCC)COP(=O)(O)OC[C@@H](O)COP(=O)(O)OC[C@@H](COC(=O)CCCCCCCCCCC(C)CC)OC(=O)CCCCCCCCCCCCC(C)CC. The normalized spacial score (nSPS) is 14.3. The second-order valence-electron chi connectivity index (χ2n) is 31.4. The van der Waals surface area contributed by atoms with Crippen LogP contribution in [0.5, 0.6) is 0 Å². The van der Waals surface area contributed by atoms with E-state index in [4.69, 9.17) is 37.0 Å². The molecule has 0 saturated heterocycles. The molecule has 0 fully saturated rings. The van der Waals surface area contributed by atoms with E-state index in [1.165, 1.54) is 276 Å². The summed E-state index contributed by atoms with van der Waals surface area (Å²) in [4.78, 5) is 73.2. The lowest BCUT2D eigenvalue weighted by Crippen LogP contribution is -2.30. The van der Waals surface area contributed by atoms with Crippen LogP contribution in [0, 0.1) is 11.8 Å². The van der Waals surface area contributed by atoms with Gasteiger partial charge in [-0.05, 0) is 37.5 Å². The van der Waals surface area contributed by atoms with Crippen LogP contribution >= 0.6 is 15.6 Å². The van der Waals surface area contributed by atoms with Gasteiger partial charge in [-0.2, -0.15) is 0 Å². The van der Waals surface area contributed by atoms with E-state index in [1.54, 1.807) is 0 Å². The molecule has 0 bridgehead atoms. The van der Waals surface area contributed by atoms with Gasteiger partial charge in [0.05, 0.1) is 26.4 Å². The summed E-state index contributed by atoms with van der Waals surface area (Å²) in [6.07, 6.45) is 69.4. The van der Waals surface area contributed by atoms with Crippen molar-refractivity contribution in [3.8, 4) is 0 Å². The highest BCUT2D eigenvalue weighted by Crippen LogP contribution is 2.45.